The summed E-state index contributed by atoms with van der Waals surface area (Å²) in [6, 6.07) is 4.07. The summed E-state index contributed by atoms with van der Waals surface area (Å²) in [7, 11) is 0. The Morgan fingerprint density at radius 1 is 1.43 bits per heavy atom. The Bertz CT molecular complexity index is 334. The monoisotopic (exact) mass is 197 g/mol. The summed E-state index contributed by atoms with van der Waals surface area (Å²) >= 11 is 0. The van der Waals surface area contributed by atoms with Crippen molar-refractivity contribution in [3.05, 3.63) is 29.6 Å². The Morgan fingerprint density at radius 2 is 2.00 bits per heavy atom. The van der Waals surface area contributed by atoms with Crippen LogP contribution < -0.4 is 5.73 Å². The van der Waals surface area contributed by atoms with Gasteiger partial charge in [-0.2, -0.15) is 0 Å². The topological polar surface area (TPSA) is 46.2 Å². The Kier molecular flexibility index (Phi) is 2.81. The molecule has 1 unspecified atom stereocenters. The average Bonchev–Trinajstić information content (AvgIpc) is 2.02. The summed E-state index contributed by atoms with van der Waals surface area (Å²) in [6.45, 7) is 5.66. The van der Waals surface area contributed by atoms with E-state index in [1.807, 2.05) is 13.8 Å². The van der Waals surface area contributed by atoms with E-state index in [0.717, 1.165) is 6.07 Å². The Labute approximate surface area is 83.6 Å². The van der Waals surface area contributed by atoms with Crippen molar-refractivity contribution in [3.8, 4) is 5.75 Å². The van der Waals surface area contributed by atoms with Crippen molar-refractivity contribution in [1.29, 1.82) is 0 Å². The van der Waals surface area contributed by atoms with Gasteiger partial charge in [-0.05, 0) is 18.9 Å². The lowest BCUT2D eigenvalue weighted by molar-refractivity contribution is 0.335. The van der Waals surface area contributed by atoms with Crippen LogP contribution in [0.3, 0.4) is 0 Å². The molecular weight excluding hydrogens is 181 g/mol. The van der Waals surface area contributed by atoms with Gasteiger partial charge in [0.1, 0.15) is 11.6 Å². The molecule has 0 aromatic heterocycles. The number of halogens is 1. The summed E-state index contributed by atoms with van der Waals surface area (Å²) < 4.78 is 13.5. The van der Waals surface area contributed by atoms with Crippen LogP contribution in [0.1, 0.15) is 26.3 Å². The molecule has 0 heterocycles. The summed E-state index contributed by atoms with van der Waals surface area (Å²) in [5.74, 6) is -0.406. The van der Waals surface area contributed by atoms with Crippen molar-refractivity contribution in [3.63, 3.8) is 0 Å². The molecule has 1 aromatic rings. The number of benzene rings is 1. The van der Waals surface area contributed by atoms with Gasteiger partial charge in [0.2, 0.25) is 0 Å². The summed E-state index contributed by atoms with van der Waals surface area (Å²) in [5, 5.41) is 9.06. The molecule has 0 amide bonds. The molecule has 1 rings (SSSR count). The third-order valence-electron chi connectivity index (χ3n) is 2.73. The molecule has 0 bridgehead atoms. The molecule has 2 nitrogen and oxygen atoms in total. The highest BCUT2D eigenvalue weighted by atomic mass is 19.1. The molecule has 3 N–H and O–H groups in total. The quantitative estimate of drug-likeness (QED) is 0.764. The average molecular weight is 197 g/mol. The third kappa shape index (κ3) is 1.87. The Hall–Kier alpha value is -1.09. The molecule has 1 atom stereocenters. The second-order valence-electron chi connectivity index (χ2n) is 4.10. The Morgan fingerprint density at radius 3 is 2.43 bits per heavy atom. The first-order valence-electron chi connectivity index (χ1n) is 4.63. The molecule has 3 heteroatoms. The number of nitrogens with two attached hydrogens (primary N) is 1. The minimum Gasteiger partial charge on any atom is -0.508 e. The van der Waals surface area contributed by atoms with Gasteiger partial charge in [0.05, 0.1) is 0 Å². The van der Waals surface area contributed by atoms with E-state index in [1.165, 1.54) is 12.1 Å². The number of aromatic hydroxyl groups is 1. The van der Waals surface area contributed by atoms with Crippen molar-refractivity contribution >= 4 is 0 Å². The summed E-state index contributed by atoms with van der Waals surface area (Å²) in [6.07, 6.45) is 0. The number of hydrogen-bond donors (Lipinski definition) is 2. The molecule has 78 valence electrons. The fourth-order valence-corrected chi connectivity index (χ4v) is 1.25. The van der Waals surface area contributed by atoms with Gasteiger partial charge in [-0.3, -0.25) is 0 Å². The lowest BCUT2D eigenvalue weighted by Gasteiger charge is -2.30. The smallest absolute Gasteiger partial charge is 0.131 e. The standard InChI is InChI=1S/C11H16FNO/c1-7(2)11(3,13)9-5-4-8(14)6-10(9)12/h4-7,14H,13H2,1-3H3. The lowest BCUT2D eigenvalue weighted by Crippen LogP contribution is -2.39. The zero-order valence-corrected chi connectivity index (χ0v) is 8.71. The van der Waals surface area contributed by atoms with Crippen molar-refractivity contribution in [2.45, 2.75) is 26.3 Å². The van der Waals surface area contributed by atoms with Crippen LogP contribution in [0, 0.1) is 11.7 Å². The van der Waals surface area contributed by atoms with Crippen LogP contribution in [-0.4, -0.2) is 5.11 Å². The van der Waals surface area contributed by atoms with Crippen LogP contribution in [0.25, 0.3) is 0 Å². The van der Waals surface area contributed by atoms with Crippen LogP contribution in [0.5, 0.6) is 5.75 Å². The minimum absolute atomic E-state index is 0.0780. The maximum atomic E-state index is 13.5. The predicted molar refractivity (Wildman–Crippen MR) is 54.4 cm³/mol. The number of phenolic OH excluding ortho intramolecular Hbond substituents is 1. The molecule has 0 fully saturated rings. The van der Waals surface area contributed by atoms with E-state index in [-0.39, 0.29) is 11.7 Å². The van der Waals surface area contributed by atoms with Crippen molar-refractivity contribution < 1.29 is 9.50 Å². The zero-order chi connectivity index (χ0) is 10.9. The van der Waals surface area contributed by atoms with Crippen LogP contribution in [0.4, 0.5) is 4.39 Å². The van der Waals surface area contributed by atoms with Gasteiger partial charge >= 0.3 is 0 Å². The van der Waals surface area contributed by atoms with E-state index in [2.05, 4.69) is 0 Å². The highest BCUT2D eigenvalue weighted by molar-refractivity contribution is 5.32. The van der Waals surface area contributed by atoms with E-state index in [4.69, 9.17) is 10.8 Å². The van der Waals surface area contributed by atoms with Gasteiger partial charge in [-0.15, -0.1) is 0 Å². The van der Waals surface area contributed by atoms with Gasteiger partial charge < -0.3 is 10.8 Å². The second-order valence-corrected chi connectivity index (χ2v) is 4.10. The third-order valence-corrected chi connectivity index (χ3v) is 2.73. The SMILES string of the molecule is CC(C)C(C)(N)c1ccc(O)cc1F. The van der Waals surface area contributed by atoms with E-state index in [0.29, 0.717) is 5.56 Å². The van der Waals surface area contributed by atoms with Crippen LogP contribution in [0.2, 0.25) is 0 Å². The first-order valence-corrected chi connectivity index (χ1v) is 4.63. The van der Waals surface area contributed by atoms with Gasteiger partial charge in [0.15, 0.2) is 0 Å². The second kappa shape index (κ2) is 3.58. The van der Waals surface area contributed by atoms with Gasteiger partial charge in [0, 0.05) is 17.2 Å². The van der Waals surface area contributed by atoms with Crippen LogP contribution in [-0.2, 0) is 5.54 Å². The fraction of sp³-hybridized carbons (Fsp3) is 0.455. The number of phenols is 1. The molecule has 0 radical (unpaired) electrons. The van der Waals surface area contributed by atoms with E-state index in [9.17, 15) is 4.39 Å². The fourth-order valence-electron chi connectivity index (χ4n) is 1.25. The predicted octanol–water partition coefficient (Wildman–Crippen LogP) is 2.36. The van der Waals surface area contributed by atoms with Crippen molar-refractivity contribution in [2.24, 2.45) is 11.7 Å². The molecule has 14 heavy (non-hydrogen) atoms. The van der Waals surface area contributed by atoms with Crippen molar-refractivity contribution in [1.82, 2.24) is 0 Å². The molecule has 0 aliphatic heterocycles. The maximum absolute atomic E-state index is 13.5. The van der Waals surface area contributed by atoms with E-state index < -0.39 is 11.4 Å². The summed E-state index contributed by atoms with van der Waals surface area (Å²) in [4.78, 5) is 0. The molecular formula is C11H16FNO. The number of rotatable bonds is 2. The largest absolute Gasteiger partial charge is 0.508 e. The highest BCUT2D eigenvalue weighted by Crippen LogP contribution is 2.29. The van der Waals surface area contributed by atoms with Crippen molar-refractivity contribution in [2.75, 3.05) is 0 Å². The van der Waals surface area contributed by atoms with Crippen LogP contribution >= 0.6 is 0 Å². The summed E-state index contributed by atoms with van der Waals surface area (Å²) in [5.41, 5.74) is 5.74. The molecule has 0 aliphatic carbocycles. The molecule has 0 saturated carbocycles. The molecule has 0 spiro atoms. The molecule has 1 aromatic carbocycles. The highest BCUT2D eigenvalue weighted by Gasteiger charge is 2.28. The van der Waals surface area contributed by atoms with E-state index in [1.54, 1.807) is 6.92 Å². The first kappa shape index (κ1) is 11.0. The van der Waals surface area contributed by atoms with Gasteiger partial charge in [-0.1, -0.05) is 19.9 Å². The minimum atomic E-state index is -0.711. The van der Waals surface area contributed by atoms with E-state index >= 15 is 0 Å². The zero-order valence-electron chi connectivity index (χ0n) is 8.71. The van der Waals surface area contributed by atoms with Gasteiger partial charge in [0.25, 0.3) is 0 Å². The van der Waals surface area contributed by atoms with Gasteiger partial charge in [-0.25, -0.2) is 4.39 Å². The first-order chi connectivity index (χ1) is 6.35. The lowest BCUT2D eigenvalue weighted by atomic mass is 9.82. The van der Waals surface area contributed by atoms with Crippen LogP contribution in [0.15, 0.2) is 18.2 Å². The number of hydrogen-bond acceptors (Lipinski definition) is 2. The molecule has 0 aliphatic rings. The maximum Gasteiger partial charge on any atom is 0.131 e. The normalized spacial score (nSPS) is 15.6. The Balaban J connectivity index is 3.19. The molecule has 0 saturated heterocycles.